The van der Waals surface area contributed by atoms with Gasteiger partial charge in [-0.25, -0.2) is 23.1 Å². The molecule has 1 amide bonds. The molecule has 2 heterocycles. The highest BCUT2D eigenvalue weighted by Gasteiger charge is 2.18. The molecule has 0 spiro atoms. The number of ether oxygens (including phenoxy) is 1. The van der Waals surface area contributed by atoms with Crippen LogP contribution in [0.15, 0.2) is 59.9 Å². The Morgan fingerprint density at radius 1 is 1.19 bits per heavy atom. The number of nitrogens with zero attached hydrogens (tertiary/aromatic N) is 3. The van der Waals surface area contributed by atoms with E-state index in [0.717, 1.165) is 0 Å². The first-order valence-corrected chi connectivity index (χ1v) is 10.7. The summed E-state index contributed by atoms with van der Waals surface area (Å²) in [6, 6.07) is 9.05. The highest BCUT2D eigenvalue weighted by molar-refractivity contribution is 7.89. The minimum atomic E-state index is -3.70. The Morgan fingerprint density at radius 2 is 1.91 bits per heavy atom. The van der Waals surface area contributed by atoms with E-state index in [9.17, 15) is 13.2 Å². The van der Waals surface area contributed by atoms with Gasteiger partial charge in [-0.05, 0) is 31.2 Å². The van der Waals surface area contributed by atoms with E-state index in [4.69, 9.17) is 10.5 Å². The van der Waals surface area contributed by atoms with Crippen LogP contribution in [0.4, 0.5) is 11.5 Å². The van der Waals surface area contributed by atoms with Crippen molar-refractivity contribution in [2.24, 2.45) is 0 Å². The van der Waals surface area contributed by atoms with Gasteiger partial charge in [0, 0.05) is 24.9 Å². The molecule has 3 aromatic rings. The second kappa shape index (κ2) is 11.0. The third-order valence-corrected chi connectivity index (χ3v) is 5.77. The molecular formula is C20H23ClN6O4S. The number of carbonyl (C=O) groups is 1. The summed E-state index contributed by atoms with van der Waals surface area (Å²) in [5.74, 6) is -0.559. The quantitative estimate of drug-likeness (QED) is 0.445. The third kappa shape index (κ3) is 6.20. The number of hydrogen-bond acceptors (Lipinski definition) is 8. The van der Waals surface area contributed by atoms with Crippen molar-refractivity contribution < 1.29 is 17.9 Å². The first kappa shape index (κ1) is 25.1. The number of nitrogens with two attached hydrogens (primary N) is 1. The molecule has 3 rings (SSSR count). The number of rotatable bonds is 8. The van der Waals surface area contributed by atoms with Gasteiger partial charge < -0.3 is 15.8 Å². The minimum absolute atomic E-state index is 0. The van der Waals surface area contributed by atoms with Gasteiger partial charge in [-0.2, -0.15) is 0 Å². The molecule has 0 aliphatic rings. The predicted octanol–water partition coefficient (Wildman–Crippen LogP) is 2.11. The number of carbonyl (C=O) groups excluding carboxylic acids is 1. The van der Waals surface area contributed by atoms with E-state index >= 15 is 0 Å². The molecule has 0 bridgehead atoms. The van der Waals surface area contributed by atoms with Gasteiger partial charge >= 0.3 is 0 Å². The van der Waals surface area contributed by atoms with Gasteiger partial charge in [-0.15, -0.1) is 12.4 Å². The lowest BCUT2D eigenvalue weighted by Crippen LogP contribution is -2.35. The van der Waals surface area contributed by atoms with Crippen LogP contribution < -0.4 is 15.8 Å². The van der Waals surface area contributed by atoms with Crippen LogP contribution in [0.2, 0.25) is 0 Å². The fourth-order valence-corrected chi connectivity index (χ4v) is 3.98. The summed E-state index contributed by atoms with van der Waals surface area (Å²) in [6.07, 6.45) is 4.49. The van der Waals surface area contributed by atoms with Crippen LogP contribution in [-0.2, 0) is 14.8 Å². The molecule has 2 aromatic heterocycles. The lowest BCUT2D eigenvalue weighted by Gasteiger charge is -2.13. The van der Waals surface area contributed by atoms with Crippen molar-refractivity contribution >= 4 is 39.8 Å². The number of sulfonamides is 1. The zero-order chi connectivity index (χ0) is 22.4. The molecular weight excluding hydrogens is 456 g/mol. The van der Waals surface area contributed by atoms with E-state index in [-0.39, 0.29) is 41.5 Å². The molecule has 0 fully saturated rings. The van der Waals surface area contributed by atoms with Crippen LogP contribution in [0.25, 0.3) is 11.3 Å². The van der Waals surface area contributed by atoms with E-state index in [2.05, 4.69) is 25.0 Å². The summed E-state index contributed by atoms with van der Waals surface area (Å²) in [5.41, 5.74) is 7.21. The number of hydrogen-bond donors (Lipinski definition) is 3. The highest BCUT2D eigenvalue weighted by Crippen LogP contribution is 2.21. The number of nitrogens with one attached hydrogen (secondary N) is 2. The van der Waals surface area contributed by atoms with Gasteiger partial charge in [0.25, 0.3) is 5.91 Å². The van der Waals surface area contributed by atoms with Gasteiger partial charge in [0.1, 0.15) is 0 Å². The molecule has 0 radical (unpaired) electrons. The van der Waals surface area contributed by atoms with Crippen molar-refractivity contribution in [1.29, 1.82) is 0 Å². The van der Waals surface area contributed by atoms with Crippen LogP contribution in [0, 0.1) is 0 Å². The Kier molecular flexibility index (Phi) is 8.61. The van der Waals surface area contributed by atoms with Gasteiger partial charge in [-0.3, -0.25) is 9.78 Å². The fourth-order valence-electron chi connectivity index (χ4n) is 2.75. The summed E-state index contributed by atoms with van der Waals surface area (Å²) >= 11 is 0. The lowest BCUT2D eigenvalue weighted by atomic mass is 10.1. The van der Waals surface area contributed by atoms with Crippen molar-refractivity contribution in [2.75, 3.05) is 24.8 Å². The average molecular weight is 479 g/mol. The van der Waals surface area contributed by atoms with Crippen LogP contribution in [-0.4, -0.2) is 49.0 Å². The molecule has 0 aliphatic carbocycles. The van der Waals surface area contributed by atoms with Crippen molar-refractivity contribution in [3.63, 3.8) is 0 Å². The molecule has 0 aliphatic heterocycles. The molecule has 0 saturated carbocycles. The summed E-state index contributed by atoms with van der Waals surface area (Å²) in [4.78, 5) is 24.9. The number of halogens is 1. The number of nitrogen functional groups attached to an aromatic ring is 1. The zero-order valence-corrected chi connectivity index (χ0v) is 19.0. The van der Waals surface area contributed by atoms with Crippen LogP contribution in [0.3, 0.4) is 0 Å². The molecule has 12 heteroatoms. The Bertz CT molecular complexity index is 1160. The highest BCUT2D eigenvalue weighted by atomic mass is 35.5. The van der Waals surface area contributed by atoms with Crippen molar-refractivity contribution in [3.8, 4) is 11.3 Å². The molecule has 1 aromatic carbocycles. The molecule has 0 unspecified atom stereocenters. The van der Waals surface area contributed by atoms with Crippen LogP contribution in [0.5, 0.6) is 0 Å². The summed E-state index contributed by atoms with van der Waals surface area (Å²) in [7, 11) is -2.20. The maximum absolute atomic E-state index is 12.5. The molecule has 32 heavy (non-hydrogen) atoms. The molecule has 10 nitrogen and oxygen atoms in total. The van der Waals surface area contributed by atoms with Gasteiger partial charge in [0.05, 0.1) is 35.3 Å². The van der Waals surface area contributed by atoms with Crippen LogP contribution >= 0.6 is 12.4 Å². The van der Waals surface area contributed by atoms with Crippen LogP contribution in [0.1, 0.15) is 17.4 Å². The number of amides is 1. The molecule has 0 saturated heterocycles. The topological polar surface area (TPSA) is 149 Å². The summed E-state index contributed by atoms with van der Waals surface area (Å²) in [6.45, 7) is 1.96. The Labute approximate surface area is 192 Å². The standard InChI is InChI=1S/C20H22N6O4S.ClH/c1-13(12-30-2)26-31(28,29)16-7-5-14(6-8-16)17-11-23-19(21)18(25-17)20(27)24-15-4-3-9-22-10-15;/h3-11,13,26H,12H2,1-2H3,(H2,21,23)(H,24,27);1H/t13-;/m0./s1. The summed E-state index contributed by atoms with van der Waals surface area (Å²) < 4.78 is 32.4. The largest absolute Gasteiger partial charge is 0.383 e. The predicted molar refractivity (Wildman–Crippen MR) is 123 cm³/mol. The van der Waals surface area contributed by atoms with Crippen molar-refractivity contribution in [1.82, 2.24) is 19.7 Å². The number of aromatic nitrogens is 3. The zero-order valence-electron chi connectivity index (χ0n) is 17.3. The number of anilines is 2. The Hall–Kier alpha value is -3.12. The third-order valence-electron chi connectivity index (χ3n) is 4.17. The minimum Gasteiger partial charge on any atom is -0.383 e. The first-order valence-electron chi connectivity index (χ1n) is 9.26. The fraction of sp³-hybridized carbons (Fsp3) is 0.200. The van der Waals surface area contributed by atoms with Crippen molar-refractivity contribution in [3.05, 3.63) is 60.7 Å². The monoisotopic (exact) mass is 478 g/mol. The molecule has 1 atom stereocenters. The molecule has 4 N–H and O–H groups in total. The van der Waals surface area contributed by atoms with Crippen molar-refractivity contribution in [2.45, 2.75) is 17.9 Å². The molecule has 170 valence electrons. The van der Waals surface area contributed by atoms with E-state index in [0.29, 0.717) is 16.9 Å². The normalized spacial score (nSPS) is 11.9. The van der Waals surface area contributed by atoms with E-state index in [1.165, 1.54) is 31.6 Å². The smallest absolute Gasteiger partial charge is 0.278 e. The van der Waals surface area contributed by atoms with Gasteiger partial charge in [0.15, 0.2) is 11.5 Å². The number of methoxy groups -OCH3 is 1. The maximum atomic E-state index is 12.5. The van der Waals surface area contributed by atoms with Gasteiger partial charge in [0.2, 0.25) is 10.0 Å². The number of benzene rings is 1. The SMILES string of the molecule is COC[C@H](C)NS(=O)(=O)c1ccc(-c2cnc(N)c(C(=O)Nc3cccnc3)n2)cc1.Cl. The second-order valence-electron chi connectivity index (χ2n) is 6.69. The Morgan fingerprint density at radius 3 is 2.53 bits per heavy atom. The maximum Gasteiger partial charge on any atom is 0.278 e. The lowest BCUT2D eigenvalue weighted by molar-refractivity contribution is 0.102. The second-order valence-corrected chi connectivity index (χ2v) is 8.40. The Balaban J connectivity index is 0.00000363. The van der Waals surface area contributed by atoms with Gasteiger partial charge in [-0.1, -0.05) is 12.1 Å². The first-order chi connectivity index (χ1) is 14.8. The average Bonchev–Trinajstić information content (AvgIpc) is 2.74. The summed E-state index contributed by atoms with van der Waals surface area (Å²) in [5, 5.41) is 2.65. The van der Waals surface area contributed by atoms with E-state index in [1.54, 1.807) is 37.4 Å². The number of pyridine rings is 1. The van der Waals surface area contributed by atoms with E-state index < -0.39 is 15.9 Å². The van der Waals surface area contributed by atoms with E-state index in [1.807, 2.05) is 0 Å².